The molecule has 1 N–H and O–H groups in total. The van der Waals surface area contributed by atoms with Gasteiger partial charge in [0.05, 0.1) is 10.7 Å². The summed E-state index contributed by atoms with van der Waals surface area (Å²) in [6.45, 7) is 4.96. The summed E-state index contributed by atoms with van der Waals surface area (Å²) in [5, 5.41) is 4.44. The summed E-state index contributed by atoms with van der Waals surface area (Å²) in [7, 11) is 0. The first-order valence-corrected chi connectivity index (χ1v) is 5.65. The predicted molar refractivity (Wildman–Crippen MR) is 64.3 cm³/mol. The first kappa shape index (κ1) is 10.9. The van der Waals surface area contributed by atoms with Gasteiger partial charge in [-0.05, 0) is 26.0 Å². The van der Waals surface area contributed by atoms with Gasteiger partial charge < -0.3 is 10.1 Å². The molecule has 1 aliphatic rings. The lowest BCUT2D eigenvalue weighted by Crippen LogP contribution is -2.28. The first-order valence-electron chi connectivity index (χ1n) is 4.90. The van der Waals surface area contributed by atoms with Gasteiger partial charge in [0.15, 0.2) is 5.75 Å². The maximum absolute atomic E-state index is 6.10. The van der Waals surface area contributed by atoms with E-state index in [4.69, 9.17) is 27.9 Å². The predicted octanol–water partition coefficient (Wildman–Crippen LogP) is 3.97. The molecule has 0 saturated carbocycles. The number of ether oxygens (including phenoxy) is 1. The second-order valence-electron chi connectivity index (χ2n) is 4.30. The van der Waals surface area contributed by atoms with Crippen LogP contribution in [0, 0.1) is 0 Å². The molecule has 15 heavy (non-hydrogen) atoms. The van der Waals surface area contributed by atoms with Crippen molar-refractivity contribution in [2.45, 2.75) is 25.9 Å². The van der Waals surface area contributed by atoms with E-state index in [0.29, 0.717) is 15.8 Å². The van der Waals surface area contributed by atoms with Gasteiger partial charge in [0.1, 0.15) is 5.60 Å². The number of rotatable bonds is 0. The molecule has 0 amide bonds. The van der Waals surface area contributed by atoms with Crippen LogP contribution in [0.25, 0.3) is 0 Å². The third-order valence-electron chi connectivity index (χ3n) is 2.43. The maximum Gasteiger partial charge on any atom is 0.161 e. The molecule has 0 spiro atoms. The molecular weight excluding hydrogens is 233 g/mol. The molecule has 2 rings (SSSR count). The van der Waals surface area contributed by atoms with Crippen LogP contribution in [0.4, 0.5) is 5.69 Å². The molecule has 82 valence electrons. The molecule has 0 atom stereocenters. The third-order valence-corrected chi connectivity index (χ3v) is 2.93. The van der Waals surface area contributed by atoms with E-state index in [2.05, 4.69) is 19.2 Å². The summed E-state index contributed by atoms with van der Waals surface area (Å²) >= 11 is 12.0. The Labute approximate surface area is 99.5 Å². The average Bonchev–Trinajstić information content (AvgIpc) is 2.23. The second-order valence-corrected chi connectivity index (χ2v) is 5.15. The molecule has 0 aliphatic carbocycles. The Kier molecular flexibility index (Phi) is 2.73. The molecule has 1 aliphatic heterocycles. The molecule has 0 unspecified atom stereocenters. The molecule has 0 aromatic heterocycles. The highest BCUT2D eigenvalue weighted by molar-refractivity contribution is 6.36. The van der Waals surface area contributed by atoms with Crippen molar-refractivity contribution in [1.82, 2.24) is 0 Å². The molecule has 1 aromatic carbocycles. The van der Waals surface area contributed by atoms with Crippen molar-refractivity contribution in [2.75, 3.05) is 11.9 Å². The topological polar surface area (TPSA) is 21.3 Å². The maximum atomic E-state index is 6.10. The van der Waals surface area contributed by atoms with Crippen molar-refractivity contribution < 1.29 is 4.74 Å². The minimum Gasteiger partial charge on any atom is -0.484 e. The fourth-order valence-corrected chi connectivity index (χ4v) is 2.15. The number of benzene rings is 1. The quantitative estimate of drug-likeness (QED) is 0.747. The van der Waals surface area contributed by atoms with Crippen LogP contribution >= 0.6 is 23.2 Å². The van der Waals surface area contributed by atoms with Gasteiger partial charge in [-0.3, -0.25) is 0 Å². The van der Waals surface area contributed by atoms with Gasteiger partial charge >= 0.3 is 0 Å². The zero-order chi connectivity index (χ0) is 11.1. The smallest absolute Gasteiger partial charge is 0.161 e. The average molecular weight is 246 g/mol. The number of hydrogen-bond donors (Lipinski definition) is 1. The van der Waals surface area contributed by atoms with Crippen molar-refractivity contribution in [3.05, 3.63) is 22.2 Å². The normalized spacial score (nSPS) is 18.4. The summed E-state index contributed by atoms with van der Waals surface area (Å²) in [5.74, 6) is 0.698. The molecule has 1 heterocycles. The number of nitrogens with one attached hydrogen (secondary N) is 1. The van der Waals surface area contributed by atoms with Gasteiger partial charge in [-0.25, -0.2) is 0 Å². The lowest BCUT2D eigenvalue weighted by atomic mass is 10.1. The van der Waals surface area contributed by atoms with Crippen LogP contribution in [-0.4, -0.2) is 12.1 Å². The number of hydrogen-bond acceptors (Lipinski definition) is 2. The zero-order valence-electron chi connectivity index (χ0n) is 8.73. The molecule has 4 heteroatoms. The van der Waals surface area contributed by atoms with Gasteiger partial charge in [0, 0.05) is 18.0 Å². The van der Waals surface area contributed by atoms with Crippen LogP contribution in [0.3, 0.4) is 0 Å². The van der Waals surface area contributed by atoms with Crippen LogP contribution in [0.5, 0.6) is 5.75 Å². The van der Waals surface area contributed by atoms with E-state index < -0.39 is 0 Å². The van der Waals surface area contributed by atoms with Crippen molar-refractivity contribution in [1.29, 1.82) is 0 Å². The fraction of sp³-hybridized carbons (Fsp3) is 0.455. The van der Waals surface area contributed by atoms with Gasteiger partial charge in [-0.2, -0.15) is 0 Å². The van der Waals surface area contributed by atoms with Crippen molar-refractivity contribution in [3.63, 3.8) is 0 Å². The highest BCUT2D eigenvalue weighted by atomic mass is 35.5. The van der Waals surface area contributed by atoms with E-state index >= 15 is 0 Å². The van der Waals surface area contributed by atoms with Crippen LogP contribution < -0.4 is 10.1 Å². The van der Waals surface area contributed by atoms with Crippen LogP contribution in [0.2, 0.25) is 10.0 Å². The molecule has 1 aromatic rings. The van der Waals surface area contributed by atoms with E-state index in [1.165, 1.54) is 0 Å². The molecule has 0 radical (unpaired) electrons. The van der Waals surface area contributed by atoms with E-state index in [-0.39, 0.29) is 5.60 Å². The van der Waals surface area contributed by atoms with Crippen molar-refractivity contribution >= 4 is 28.9 Å². The molecule has 0 bridgehead atoms. The zero-order valence-corrected chi connectivity index (χ0v) is 10.2. The third kappa shape index (κ3) is 2.32. The largest absolute Gasteiger partial charge is 0.484 e. The Balaban J connectivity index is 2.47. The summed E-state index contributed by atoms with van der Waals surface area (Å²) < 4.78 is 5.88. The molecule has 2 nitrogen and oxygen atoms in total. The molecular formula is C11H13Cl2NO. The van der Waals surface area contributed by atoms with Crippen molar-refractivity contribution in [3.8, 4) is 5.75 Å². The van der Waals surface area contributed by atoms with E-state index in [0.717, 1.165) is 18.7 Å². The minimum atomic E-state index is -0.199. The second kappa shape index (κ2) is 3.76. The van der Waals surface area contributed by atoms with Crippen LogP contribution in [0.15, 0.2) is 12.1 Å². The fourth-order valence-electron chi connectivity index (χ4n) is 1.62. The van der Waals surface area contributed by atoms with Crippen LogP contribution in [-0.2, 0) is 0 Å². The van der Waals surface area contributed by atoms with Crippen LogP contribution in [0.1, 0.15) is 20.3 Å². The lowest BCUT2D eigenvalue weighted by Gasteiger charge is -2.24. The number of halogens is 2. The highest BCUT2D eigenvalue weighted by Crippen LogP contribution is 2.40. The summed E-state index contributed by atoms with van der Waals surface area (Å²) in [4.78, 5) is 0. The molecule has 0 saturated heterocycles. The van der Waals surface area contributed by atoms with Gasteiger partial charge in [0.2, 0.25) is 0 Å². The number of fused-ring (bicyclic) bond motifs is 1. The Morgan fingerprint density at radius 2 is 2.07 bits per heavy atom. The first-order chi connectivity index (χ1) is 6.98. The van der Waals surface area contributed by atoms with E-state index in [9.17, 15) is 0 Å². The lowest BCUT2D eigenvalue weighted by molar-refractivity contribution is 0.109. The van der Waals surface area contributed by atoms with Gasteiger partial charge in [0.25, 0.3) is 0 Å². The van der Waals surface area contributed by atoms with Crippen molar-refractivity contribution in [2.24, 2.45) is 0 Å². The number of anilines is 1. The Hall–Kier alpha value is -0.600. The highest BCUT2D eigenvalue weighted by Gasteiger charge is 2.26. The summed E-state index contributed by atoms with van der Waals surface area (Å²) in [5.41, 5.74) is 0.675. The standard InChI is InChI=1S/C11H13Cl2NO/c1-11(2)3-4-14-9-6-7(12)5-8(13)10(9)15-11/h5-6,14H,3-4H2,1-2H3. The monoisotopic (exact) mass is 245 g/mol. The van der Waals surface area contributed by atoms with Gasteiger partial charge in [-0.1, -0.05) is 23.2 Å². The minimum absolute atomic E-state index is 0.199. The van der Waals surface area contributed by atoms with E-state index in [1.54, 1.807) is 6.07 Å². The van der Waals surface area contributed by atoms with Gasteiger partial charge in [-0.15, -0.1) is 0 Å². The van der Waals surface area contributed by atoms with E-state index in [1.807, 2.05) is 6.07 Å². The SMILES string of the molecule is CC1(C)CCNc2cc(Cl)cc(Cl)c2O1. The summed E-state index contributed by atoms with van der Waals surface area (Å²) in [6.07, 6.45) is 0.926. The Bertz CT molecular complexity index is 390. The summed E-state index contributed by atoms with van der Waals surface area (Å²) in [6, 6.07) is 3.54. The Morgan fingerprint density at radius 3 is 2.80 bits per heavy atom. The molecule has 0 fully saturated rings. The Morgan fingerprint density at radius 1 is 1.33 bits per heavy atom.